The monoisotopic (exact) mass is 435 g/mol. The van der Waals surface area contributed by atoms with Crippen molar-refractivity contribution in [2.24, 2.45) is 5.92 Å². The molecule has 3 aromatic rings. The van der Waals surface area contributed by atoms with Gasteiger partial charge in [-0.15, -0.1) is 0 Å². The Bertz CT molecular complexity index is 1120. The van der Waals surface area contributed by atoms with Crippen LogP contribution in [0.25, 0.3) is 0 Å². The minimum absolute atomic E-state index is 0.283. The summed E-state index contributed by atoms with van der Waals surface area (Å²) in [6.45, 7) is 0.616. The number of hydrogen-bond donors (Lipinski definition) is 0. The molecule has 160 valence electrons. The highest BCUT2D eigenvalue weighted by atomic mass is 32.2. The molecule has 0 aliphatic carbocycles. The van der Waals surface area contributed by atoms with Gasteiger partial charge in [0.2, 0.25) is 10.0 Å². The van der Waals surface area contributed by atoms with Crippen LogP contribution in [0.2, 0.25) is 0 Å². The van der Waals surface area contributed by atoms with Gasteiger partial charge < -0.3 is 4.74 Å². The first kappa shape index (κ1) is 21.3. The lowest BCUT2D eigenvalue weighted by Crippen LogP contribution is -2.41. The van der Waals surface area contributed by atoms with Gasteiger partial charge in [0.25, 0.3) is 0 Å². The molecule has 1 saturated heterocycles. The quantitative estimate of drug-likeness (QED) is 0.428. The number of carbonyl (C=O) groups excluding carboxylic acids is 1. The van der Waals surface area contributed by atoms with Gasteiger partial charge in [-0.25, -0.2) is 8.42 Å². The highest BCUT2D eigenvalue weighted by molar-refractivity contribution is 7.89. The number of hydrogen-bond acceptors (Lipinski definition) is 4. The molecule has 0 amide bonds. The molecule has 0 atom stereocenters. The fourth-order valence-corrected chi connectivity index (χ4v) is 5.32. The number of sulfonamides is 1. The summed E-state index contributed by atoms with van der Waals surface area (Å²) in [4.78, 5) is 13.1. The first-order valence-corrected chi connectivity index (χ1v) is 11.9. The van der Waals surface area contributed by atoms with E-state index in [0.29, 0.717) is 38.1 Å². The lowest BCUT2D eigenvalue weighted by molar-refractivity contribution is -0.140. The first-order valence-electron chi connectivity index (χ1n) is 10.4. The van der Waals surface area contributed by atoms with Gasteiger partial charge in [-0.1, -0.05) is 66.7 Å². The topological polar surface area (TPSA) is 63.7 Å². The summed E-state index contributed by atoms with van der Waals surface area (Å²) in [5, 5.41) is 0. The zero-order valence-corrected chi connectivity index (χ0v) is 18.0. The molecule has 0 unspecified atom stereocenters. The summed E-state index contributed by atoms with van der Waals surface area (Å²) in [6.07, 6.45) is 1.58. The molecule has 0 bridgehead atoms. The number of ether oxygens (including phenoxy) is 1. The van der Waals surface area contributed by atoms with Crippen molar-refractivity contribution in [3.8, 4) is 5.75 Å². The standard InChI is InChI=1S/C25H25NO4S/c27-25(30-24-14-8-7-11-22(24)19-20-9-3-1-4-10-20)21-15-17-26(18-16-21)31(28,29)23-12-5-2-6-13-23/h1-14,21H,15-19H2. The van der Waals surface area contributed by atoms with E-state index in [2.05, 4.69) is 0 Å². The Morgan fingerprint density at radius 1 is 0.839 bits per heavy atom. The minimum Gasteiger partial charge on any atom is -0.426 e. The van der Waals surface area contributed by atoms with Gasteiger partial charge in [-0.3, -0.25) is 4.79 Å². The van der Waals surface area contributed by atoms with Crippen LogP contribution in [0.1, 0.15) is 24.0 Å². The van der Waals surface area contributed by atoms with E-state index < -0.39 is 10.0 Å². The molecule has 31 heavy (non-hydrogen) atoms. The number of nitrogens with zero attached hydrogens (tertiary/aromatic N) is 1. The summed E-state index contributed by atoms with van der Waals surface area (Å²) >= 11 is 0. The Morgan fingerprint density at radius 2 is 1.42 bits per heavy atom. The molecular formula is C25H25NO4S. The molecule has 1 aliphatic heterocycles. The molecular weight excluding hydrogens is 410 g/mol. The van der Waals surface area contributed by atoms with E-state index in [-0.39, 0.29) is 16.8 Å². The van der Waals surface area contributed by atoms with Crippen LogP contribution in [0.5, 0.6) is 5.75 Å². The molecule has 6 heteroatoms. The summed E-state index contributed by atoms with van der Waals surface area (Å²) < 4.78 is 32.8. The van der Waals surface area contributed by atoms with Gasteiger partial charge in [-0.2, -0.15) is 4.31 Å². The molecule has 4 rings (SSSR count). The van der Waals surface area contributed by atoms with Crippen LogP contribution in [-0.2, 0) is 21.2 Å². The number of para-hydroxylation sites is 1. The molecule has 1 heterocycles. The Morgan fingerprint density at radius 3 is 2.10 bits per heavy atom. The third-order valence-electron chi connectivity index (χ3n) is 5.59. The van der Waals surface area contributed by atoms with Crippen molar-refractivity contribution in [3.63, 3.8) is 0 Å². The van der Waals surface area contributed by atoms with Gasteiger partial charge in [0, 0.05) is 19.5 Å². The van der Waals surface area contributed by atoms with Gasteiger partial charge in [0.15, 0.2) is 0 Å². The van der Waals surface area contributed by atoms with E-state index in [1.807, 2.05) is 54.6 Å². The predicted octanol–water partition coefficient (Wildman–Crippen LogP) is 4.28. The fourth-order valence-electron chi connectivity index (χ4n) is 3.83. The van der Waals surface area contributed by atoms with Crippen LogP contribution in [0.3, 0.4) is 0 Å². The molecule has 5 nitrogen and oxygen atoms in total. The lowest BCUT2D eigenvalue weighted by Gasteiger charge is -2.30. The molecule has 1 fully saturated rings. The maximum Gasteiger partial charge on any atom is 0.314 e. The second-order valence-corrected chi connectivity index (χ2v) is 9.62. The highest BCUT2D eigenvalue weighted by Crippen LogP contribution is 2.27. The highest BCUT2D eigenvalue weighted by Gasteiger charge is 2.33. The summed E-state index contributed by atoms with van der Waals surface area (Å²) in [6, 6.07) is 26.0. The molecule has 3 aromatic carbocycles. The minimum atomic E-state index is -3.53. The number of benzene rings is 3. The van der Waals surface area contributed by atoms with Crippen molar-refractivity contribution in [3.05, 3.63) is 96.1 Å². The van der Waals surface area contributed by atoms with E-state index >= 15 is 0 Å². The molecule has 0 radical (unpaired) electrons. The zero-order valence-electron chi connectivity index (χ0n) is 17.2. The molecule has 0 saturated carbocycles. The largest absolute Gasteiger partial charge is 0.426 e. The van der Waals surface area contributed by atoms with Crippen LogP contribution in [-0.4, -0.2) is 31.8 Å². The van der Waals surface area contributed by atoms with Crippen molar-refractivity contribution in [2.45, 2.75) is 24.2 Å². The second kappa shape index (κ2) is 9.45. The molecule has 0 N–H and O–H groups in total. The van der Waals surface area contributed by atoms with Gasteiger partial charge in [-0.05, 0) is 42.2 Å². The molecule has 1 aliphatic rings. The van der Waals surface area contributed by atoms with Crippen LogP contribution >= 0.6 is 0 Å². The SMILES string of the molecule is O=C(Oc1ccccc1Cc1ccccc1)C1CCN(S(=O)(=O)c2ccccc2)CC1. The maximum absolute atomic E-state index is 12.8. The maximum atomic E-state index is 12.8. The van der Waals surface area contributed by atoms with Crippen LogP contribution in [0.15, 0.2) is 89.8 Å². The third kappa shape index (κ3) is 5.03. The Hall–Kier alpha value is -2.96. The first-order chi connectivity index (χ1) is 15.0. The Balaban J connectivity index is 1.39. The van der Waals surface area contributed by atoms with Gasteiger partial charge in [0.1, 0.15) is 5.75 Å². The van der Waals surface area contributed by atoms with E-state index in [4.69, 9.17) is 4.74 Å². The zero-order chi connectivity index (χ0) is 21.7. The van der Waals surface area contributed by atoms with E-state index in [0.717, 1.165) is 11.1 Å². The van der Waals surface area contributed by atoms with Gasteiger partial charge in [0.05, 0.1) is 10.8 Å². The van der Waals surface area contributed by atoms with E-state index in [9.17, 15) is 13.2 Å². The number of piperidine rings is 1. The van der Waals surface area contributed by atoms with Crippen molar-refractivity contribution < 1.29 is 17.9 Å². The van der Waals surface area contributed by atoms with Crippen molar-refractivity contribution in [1.29, 1.82) is 0 Å². The number of esters is 1. The summed E-state index contributed by atoms with van der Waals surface area (Å²) in [5.41, 5.74) is 2.09. The number of carbonyl (C=O) groups is 1. The average molecular weight is 436 g/mol. The van der Waals surface area contributed by atoms with Crippen LogP contribution < -0.4 is 4.74 Å². The summed E-state index contributed by atoms with van der Waals surface area (Å²) in [7, 11) is -3.53. The van der Waals surface area contributed by atoms with Crippen molar-refractivity contribution in [1.82, 2.24) is 4.31 Å². The predicted molar refractivity (Wildman–Crippen MR) is 119 cm³/mol. The van der Waals surface area contributed by atoms with Crippen molar-refractivity contribution >= 4 is 16.0 Å². The fraction of sp³-hybridized carbons (Fsp3) is 0.240. The van der Waals surface area contributed by atoms with Gasteiger partial charge >= 0.3 is 5.97 Å². The molecule has 0 spiro atoms. The third-order valence-corrected chi connectivity index (χ3v) is 7.50. The van der Waals surface area contributed by atoms with Crippen molar-refractivity contribution in [2.75, 3.05) is 13.1 Å². The lowest BCUT2D eigenvalue weighted by atomic mass is 9.98. The summed E-state index contributed by atoms with van der Waals surface area (Å²) in [5.74, 6) is -0.0417. The second-order valence-electron chi connectivity index (χ2n) is 7.68. The smallest absolute Gasteiger partial charge is 0.314 e. The average Bonchev–Trinajstić information content (AvgIpc) is 2.81. The Labute approximate surface area is 183 Å². The number of rotatable bonds is 6. The Kier molecular flexibility index (Phi) is 6.49. The van der Waals surface area contributed by atoms with E-state index in [1.165, 1.54) is 4.31 Å². The van der Waals surface area contributed by atoms with E-state index in [1.54, 1.807) is 30.3 Å². The normalized spacial score (nSPS) is 15.5. The molecule has 0 aromatic heterocycles. The van der Waals surface area contributed by atoms with Crippen LogP contribution in [0, 0.1) is 5.92 Å². The van der Waals surface area contributed by atoms with Crippen LogP contribution in [0.4, 0.5) is 0 Å².